The van der Waals surface area contributed by atoms with Crippen molar-refractivity contribution in [3.63, 3.8) is 0 Å². The van der Waals surface area contributed by atoms with Crippen LogP contribution in [-0.2, 0) is 13.1 Å². The summed E-state index contributed by atoms with van der Waals surface area (Å²) in [6.45, 7) is 0.810. The number of aromatic nitrogens is 4. The Kier molecular flexibility index (Phi) is 4.86. The SMILES string of the molecule is O=C(NCc1ccc(F)cc1F)c1cc2c(c3ccccc3n2CC2CC2)n1-c1ncccn1. The number of nitrogens with zero attached hydrogens (tertiary/aromatic N) is 4. The van der Waals surface area contributed by atoms with Gasteiger partial charge >= 0.3 is 0 Å². The van der Waals surface area contributed by atoms with E-state index in [-0.39, 0.29) is 12.1 Å². The Morgan fingerprint density at radius 3 is 2.56 bits per heavy atom. The normalized spacial score (nSPS) is 13.6. The molecule has 0 spiro atoms. The Morgan fingerprint density at radius 1 is 1.00 bits per heavy atom. The average molecular weight is 457 g/mol. The van der Waals surface area contributed by atoms with E-state index in [2.05, 4.69) is 25.9 Å². The van der Waals surface area contributed by atoms with Gasteiger partial charge in [-0.1, -0.05) is 24.3 Å². The molecule has 0 saturated heterocycles. The first-order chi connectivity index (χ1) is 16.6. The average Bonchev–Trinajstić information content (AvgIpc) is 3.51. The number of halogens is 2. The molecule has 3 aromatic heterocycles. The second-order valence-electron chi connectivity index (χ2n) is 8.64. The van der Waals surface area contributed by atoms with Gasteiger partial charge in [-0.15, -0.1) is 0 Å². The van der Waals surface area contributed by atoms with E-state index in [1.54, 1.807) is 23.0 Å². The molecule has 0 atom stereocenters. The van der Waals surface area contributed by atoms with Crippen LogP contribution >= 0.6 is 0 Å². The van der Waals surface area contributed by atoms with Crippen molar-refractivity contribution in [2.24, 2.45) is 5.92 Å². The molecular weight excluding hydrogens is 436 g/mol. The number of fused-ring (bicyclic) bond motifs is 3. The van der Waals surface area contributed by atoms with Crippen LogP contribution in [0.5, 0.6) is 0 Å². The number of para-hydroxylation sites is 1. The standard InChI is InChI=1S/C26H21F2N5O/c27-18-9-8-17(20(28)12-18)14-31-25(34)23-13-22-24(33(23)26-29-10-3-11-30-26)19-4-1-2-5-21(19)32(22)15-16-6-7-16/h1-5,8-13,16H,6-7,14-15H2,(H,31,34). The quantitative estimate of drug-likeness (QED) is 0.391. The summed E-state index contributed by atoms with van der Waals surface area (Å²) in [6, 6.07) is 15.0. The number of hydrogen-bond acceptors (Lipinski definition) is 3. The fraction of sp³-hybridized carbons (Fsp3) is 0.192. The van der Waals surface area contributed by atoms with Gasteiger partial charge in [0.15, 0.2) is 0 Å². The molecule has 1 aliphatic carbocycles. The smallest absolute Gasteiger partial charge is 0.268 e. The predicted octanol–water partition coefficient (Wildman–Crippen LogP) is 4.99. The van der Waals surface area contributed by atoms with Crippen LogP contribution in [0.4, 0.5) is 8.78 Å². The van der Waals surface area contributed by atoms with E-state index in [1.807, 2.05) is 24.3 Å². The van der Waals surface area contributed by atoms with Crippen LogP contribution in [0.3, 0.4) is 0 Å². The van der Waals surface area contributed by atoms with E-state index in [0.29, 0.717) is 17.6 Å². The van der Waals surface area contributed by atoms with Crippen LogP contribution in [0.15, 0.2) is 67.0 Å². The molecule has 5 aromatic rings. The third-order valence-corrected chi connectivity index (χ3v) is 6.30. The maximum atomic E-state index is 14.1. The van der Waals surface area contributed by atoms with Crippen LogP contribution in [0.1, 0.15) is 28.9 Å². The van der Waals surface area contributed by atoms with Gasteiger partial charge in [0.25, 0.3) is 5.91 Å². The topological polar surface area (TPSA) is 64.7 Å². The molecule has 2 aromatic carbocycles. The maximum Gasteiger partial charge on any atom is 0.268 e. The zero-order valence-corrected chi connectivity index (χ0v) is 18.2. The summed E-state index contributed by atoms with van der Waals surface area (Å²) in [7, 11) is 0. The number of hydrogen-bond donors (Lipinski definition) is 1. The van der Waals surface area contributed by atoms with E-state index in [4.69, 9.17) is 0 Å². The number of carbonyl (C=O) groups excluding carboxylic acids is 1. The van der Waals surface area contributed by atoms with Crippen LogP contribution in [0.25, 0.3) is 27.9 Å². The predicted molar refractivity (Wildman–Crippen MR) is 125 cm³/mol. The summed E-state index contributed by atoms with van der Waals surface area (Å²) in [5.74, 6) is -0.740. The van der Waals surface area contributed by atoms with Crippen LogP contribution in [0, 0.1) is 17.6 Å². The van der Waals surface area contributed by atoms with Crippen molar-refractivity contribution in [1.29, 1.82) is 0 Å². The molecule has 34 heavy (non-hydrogen) atoms. The van der Waals surface area contributed by atoms with Gasteiger partial charge in [0.05, 0.1) is 16.6 Å². The van der Waals surface area contributed by atoms with Gasteiger partial charge in [-0.25, -0.2) is 18.7 Å². The largest absolute Gasteiger partial charge is 0.347 e. The Morgan fingerprint density at radius 2 is 1.79 bits per heavy atom. The summed E-state index contributed by atoms with van der Waals surface area (Å²) in [5.41, 5.74) is 3.45. The van der Waals surface area contributed by atoms with Gasteiger partial charge < -0.3 is 9.88 Å². The first kappa shape index (κ1) is 20.5. The molecule has 0 aliphatic heterocycles. The number of amides is 1. The number of carbonyl (C=O) groups is 1. The van der Waals surface area contributed by atoms with Crippen molar-refractivity contribution in [2.45, 2.75) is 25.9 Å². The van der Waals surface area contributed by atoms with Crippen molar-refractivity contribution in [3.8, 4) is 5.95 Å². The van der Waals surface area contributed by atoms with E-state index >= 15 is 0 Å². The van der Waals surface area contributed by atoms with E-state index < -0.39 is 17.5 Å². The molecule has 170 valence electrons. The second kappa shape index (κ2) is 8.06. The Hall–Kier alpha value is -4.07. The van der Waals surface area contributed by atoms with E-state index in [9.17, 15) is 13.6 Å². The number of rotatable bonds is 6. The first-order valence-electron chi connectivity index (χ1n) is 11.2. The van der Waals surface area contributed by atoms with Gasteiger partial charge in [0.2, 0.25) is 5.95 Å². The lowest BCUT2D eigenvalue weighted by atomic mass is 10.2. The Bertz CT molecular complexity index is 1540. The lowest BCUT2D eigenvalue weighted by Gasteiger charge is -2.10. The minimum absolute atomic E-state index is 0.0706. The highest BCUT2D eigenvalue weighted by atomic mass is 19.1. The third kappa shape index (κ3) is 3.51. The summed E-state index contributed by atoms with van der Waals surface area (Å²) in [6.07, 6.45) is 5.67. The zero-order chi connectivity index (χ0) is 23.2. The Labute approximate surface area is 193 Å². The molecule has 6 rings (SSSR count). The molecule has 1 N–H and O–H groups in total. The molecule has 8 heteroatoms. The summed E-state index contributed by atoms with van der Waals surface area (Å²) >= 11 is 0. The van der Waals surface area contributed by atoms with Crippen molar-refractivity contribution < 1.29 is 13.6 Å². The molecule has 1 saturated carbocycles. The van der Waals surface area contributed by atoms with Gasteiger partial charge in [0.1, 0.15) is 17.3 Å². The highest BCUT2D eigenvalue weighted by molar-refractivity contribution is 6.10. The van der Waals surface area contributed by atoms with Crippen molar-refractivity contribution >= 4 is 27.8 Å². The molecule has 0 radical (unpaired) electrons. The lowest BCUT2D eigenvalue weighted by Crippen LogP contribution is -2.26. The van der Waals surface area contributed by atoms with Crippen LogP contribution in [-0.4, -0.2) is 25.0 Å². The summed E-state index contributed by atoms with van der Waals surface area (Å²) < 4.78 is 31.4. The van der Waals surface area contributed by atoms with Crippen molar-refractivity contribution in [2.75, 3.05) is 0 Å². The summed E-state index contributed by atoms with van der Waals surface area (Å²) in [5, 5.41) is 3.78. The molecule has 0 bridgehead atoms. The molecule has 0 unspecified atom stereocenters. The van der Waals surface area contributed by atoms with Gasteiger partial charge in [-0.3, -0.25) is 9.36 Å². The molecular formula is C26H21F2N5O. The molecule has 6 nitrogen and oxygen atoms in total. The number of benzene rings is 2. The second-order valence-corrected chi connectivity index (χ2v) is 8.64. The minimum atomic E-state index is -0.700. The Balaban J connectivity index is 1.48. The molecule has 1 fully saturated rings. The minimum Gasteiger partial charge on any atom is -0.347 e. The van der Waals surface area contributed by atoms with Gasteiger partial charge in [-0.2, -0.15) is 0 Å². The molecule has 1 amide bonds. The van der Waals surface area contributed by atoms with Crippen molar-refractivity contribution in [1.82, 2.24) is 24.4 Å². The fourth-order valence-corrected chi connectivity index (χ4v) is 4.47. The molecule has 3 heterocycles. The lowest BCUT2D eigenvalue weighted by molar-refractivity contribution is 0.0944. The van der Waals surface area contributed by atoms with E-state index in [0.717, 1.165) is 34.5 Å². The van der Waals surface area contributed by atoms with Gasteiger partial charge in [-0.05, 0) is 43.0 Å². The van der Waals surface area contributed by atoms with Crippen LogP contribution < -0.4 is 5.32 Å². The zero-order valence-electron chi connectivity index (χ0n) is 18.2. The first-order valence-corrected chi connectivity index (χ1v) is 11.2. The van der Waals surface area contributed by atoms with Gasteiger partial charge in [0, 0.05) is 42.5 Å². The summed E-state index contributed by atoms with van der Waals surface area (Å²) in [4.78, 5) is 22.2. The van der Waals surface area contributed by atoms with Crippen LogP contribution in [0.2, 0.25) is 0 Å². The fourth-order valence-electron chi connectivity index (χ4n) is 4.47. The van der Waals surface area contributed by atoms with E-state index in [1.165, 1.54) is 25.0 Å². The molecule has 1 aliphatic rings. The van der Waals surface area contributed by atoms with Crippen molar-refractivity contribution in [3.05, 3.63) is 89.9 Å². The third-order valence-electron chi connectivity index (χ3n) is 6.30. The maximum absolute atomic E-state index is 14.1. The number of nitrogens with one attached hydrogen (secondary N) is 1. The highest BCUT2D eigenvalue weighted by Gasteiger charge is 2.27. The monoisotopic (exact) mass is 457 g/mol. The highest BCUT2D eigenvalue weighted by Crippen LogP contribution is 2.37.